The van der Waals surface area contributed by atoms with E-state index in [1.807, 2.05) is 6.92 Å². The molecule has 0 aliphatic heterocycles. The molecule has 0 unspecified atom stereocenters. The maximum atomic E-state index is 12.7. The summed E-state index contributed by atoms with van der Waals surface area (Å²) in [5.74, 6) is 0.117. The van der Waals surface area contributed by atoms with Gasteiger partial charge in [-0.3, -0.25) is 4.79 Å². The minimum Gasteiger partial charge on any atom is -0.333 e. The van der Waals surface area contributed by atoms with Crippen molar-refractivity contribution in [3.05, 3.63) is 0 Å². The second-order valence-corrected chi connectivity index (χ2v) is 6.36. The average molecular weight is 308 g/mol. The molecule has 0 bridgehead atoms. The summed E-state index contributed by atoms with van der Waals surface area (Å²) in [4.78, 5) is 13.7. The fraction of sp³-hybridized carbons (Fsp3) is 0.933. The van der Waals surface area contributed by atoms with E-state index in [1.165, 1.54) is 0 Å². The van der Waals surface area contributed by atoms with Gasteiger partial charge in [0.2, 0.25) is 5.91 Å². The second-order valence-electron chi connectivity index (χ2n) is 6.36. The Labute approximate surface area is 125 Å². The van der Waals surface area contributed by atoms with E-state index in [0.717, 1.165) is 24.2 Å². The lowest BCUT2D eigenvalue weighted by molar-refractivity contribution is -0.169. The highest BCUT2D eigenvalue weighted by atomic mass is 19.4. The van der Waals surface area contributed by atoms with E-state index in [9.17, 15) is 18.0 Å². The van der Waals surface area contributed by atoms with Gasteiger partial charge in [-0.25, -0.2) is 0 Å². The Morgan fingerprint density at radius 3 is 2.33 bits per heavy atom. The van der Waals surface area contributed by atoms with E-state index in [4.69, 9.17) is 5.73 Å². The first kappa shape index (κ1) is 18.3. The molecular formula is C15H27F3N2O. The van der Waals surface area contributed by atoms with Crippen LogP contribution in [0.2, 0.25) is 0 Å². The normalized spacial score (nSPS) is 26.7. The number of nitrogens with zero attached hydrogens (tertiary/aromatic N) is 1. The molecule has 2 N–H and O–H groups in total. The third-order valence-electron chi connectivity index (χ3n) is 4.51. The van der Waals surface area contributed by atoms with E-state index in [1.54, 1.807) is 0 Å². The predicted molar refractivity (Wildman–Crippen MR) is 76.7 cm³/mol. The number of hydrogen-bond acceptors (Lipinski definition) is 2. The van der Waals surface area contributed by atoms with E-state index >= 15 is 0 Å². The van der Waals surface area contributed by atoms with Crippen LogP contribution in [-0.2, 0) is 4.79 Å². The monoisotopic (exact) mass is 308 g/mol. The zero-order valence-corrected chi connectivity index (χ0v) is 13.0. The lowest BCUT2D eigenvalue weighted by Gasteiger charge is -2.41. The van der Waals surface area contributed by atoms with Crippen LogP contribution in [0, 0.1) is 11.3 Å². The third-order valence-corrected chi connectivity index (χ3v) is 4.51. The quantitative estimate of drug-likeness (QED) is 0.818. The largest absolute Gasteiger partial charge is 0.406 e. The fourth-order valence-electron chi connectivity index (χ4n) is 2.97. The van der Waals surface area contributed by atoms with Crippen LogP contribution in [-0.4, -0.2) is 36.6 Å². The topological polar surface area (TPSA) is 46.3 Å². The summed E-state index contributed by atoms with van der Waals surface area (Å²) in [6, 6.07) is 0. The highest BCUT2D eigenvalue weighted by Gasteiger charge is 2.44. The minimum atomic E-state index is -4.36. The van der Waals surface area contributed by atoms with Gasteiger partial charge in [-0.05, 0) is 38.0 Å². The lowest BCUT2D eigenvalue weighted by atomic mass is 9.70. The summed E-state index contributed by atoms with van der Waals surface area (Å²) in [6.07, 6.45) is -0.102. The van der Waals surface area contributed by atoms with E-state index in [2.05, 4.69) is 6.92 Å². The molecule has 0 aromatic rings. The van der Waals surface area contributed by atoms with Crippen molar-refractivity contribution in [3.63, 3.8) is 0 Å². The molecular weight excluding hydrogens is 281 g/mol. The first-order valence-electron chi connectivity index (χ1n) is 7.80. The summed E-state index contributed by atoms with van der Waals surface area (Å²) < 4.78 is 38.2. The Morgan fingerprint density at radius 2 is 1.90 bits per heavy atom. The molecule has 1 rings (SSSR count). The molecule has 21 heavy (non-hydrogen) atoms. The molecule has 0 aromatic carbocycles. The molecule has 0 radical (unpaired) electrons. The summed E-state index contributed by atoms with van der Waals surface area (Å²) in [7, 11) is 0. The standard InChI is InChI=1S/C15H27F3N2O/c1-3-4-9-20(11-15(16,17)18)13(21)14(10-19)7-5-12(2)6-8-14/h12H,3-11,19H2,1-2H3. The average Bonchev–Trinajstić information content (AvgIpc) is 2.43. The molecule has 0 saturated heterocycles. The molecule has 3 nitrogen and oxygen atoms in total. The molecule has 1 aliphatic rings. The molecule has 0 heterocycles. The summed E-state index contributed by atoms with van der Waals surface area (Å²) in [5.41, 5.74) is 5.00. The summed E-state index contributed by atoms with van der Waals surface area (Å²) >= 11 is 0. The van der Waals surface area contributed by atoms with Crippen molar-refractivity contribution in [3.8, 4) is 0 Å². The third kappa shape index (κ3) is 5.16. The summed E-state index contributed by atoms with van der Waals surface area (Å²) in [6.45, 7) is 3.14. The molecule has 6 heteroatoms. The Balaban J connectivity index is 2.85. The van der Waals surface area contributed by atoms with Gasteiger partial charge in [-0.15, -0.1) is 0 Å². The molecule has 124 valence electrons. The molecule has 1 fully saturated rings. The zero-order chi connectivity index (χ0) is 16.1. The number of amides is 1. The minimum absolute atomic E-state index is 0.138. The van der Waals surface area contributed by atoms with Crippen LogP contribution in [0.5, 0.6) is 0 Å². The van der Waals surface area contributed by atoms with Gasteiger partial charge in [0.15, 0.2) is 0 Å². The van der Waals surface area contributed by atoms with Crippen molar-refractivity contribution in [2.24, 2.45) is 17.1 Å². The van der Waals surface area contributed by atoms with E-state index < -0.39 is 24.0 Å². The second kappa shape index (κ2) is 7.47. The maximum absolute atomic E-state index is 12.7. The van der Waals surface area contributed by atoms with Crippen molar-refractivity contribution in [1.29, 1.82) is 0 Å². The SMILES string of the molecule is CCCCN(CC(F)(F)F)C(=O)C1(CN)CCC(C)CC1. The fourth-order valence-corrected chi connectivity index (χ4v) is 2.97. The first-order chi connectivity index (χ1) is 9.74. The van der Waals surface area contributed by atoms with Crippen LogP contribution >= 0.6 is 0 Å². The predicted octanol–water partition coefficient (Wildman–Crippen LogP) is 3.33. The van der Waals surface area contributed by atoms with Crippen LogP contribution in [0.4, 0.5) is 13.2 Å². The summed E-state index contributed by atoms with van der Waals surface area (Å²) in [5, 5.41) is 0. The lowest BCUT2D eigenvalue weighted by Crippen LogP contribution is -2.52. The van der Waals surface area contributed by atoms with Gasteiger partial charge in [0.05, 0.1) is 5.41 Å². The smallest absolute Gasteiger partial charge is 0.333 e. The van der Waals surface area contributed by atoms with E-state index in [0.29, 0.717) is 25.2 Å². The highest BCUT2D eigenvalue weighted by molar-refractivity contribution is 5.83. The van der Waals surface area contributed by atoms with Crippen LogP contribution in [0.3, 0.4) is 0 Å². The van der Waals surface area contributed by atoms with Gasteiger partial charge in [0.25, 0.3) is 0 Å². The van der Waals surface area contributed by atoms with Gasteiger partial charge < -0.3 is 10.6 Å². The number of hydrogen-bond donors (Lipinski definition) is 1. The number of unbranched alkanes of at least 4 members (excludes halogenated alkanes) is 1. The van der Waals surface area contributed by atoms with Crippen molar-refractivity contribution >= 4 is 5.91 Å². The van der Waals surface area contributed by atoms with Crippen LogP contribution in [0.1, 0.15) is 52.4 Å². The van der Waals surface area contributed by atoms with Crippen LogP contribution in [0.15, 0.2) is 0 Å². The molecule has 1 amide bonds. The molecule has 0 aromatic heterocycles. The number of alkyl halides is 3. The van der Waals surface area contributed by atoms with Gasteiger partial charge in [-0.2, -0.15) is 13.2 Å². The number of rotatable bonds is 6. The highest BCUT2D eigenvalue weighted by Crippen LogP contribution is 2.40. The van der Waals surface area contributed by atoms with Crippen LogP contribution < -0.4 is 5.73 Å². The van der Waals surface area contributed by atoms with Crippen molar-refractivity contribution in [2.75, 3.05) is 19.6 Å². The molecule has 0 atom stereocenters. The molecule has 1 saturated carbocycles. The number of carbonyl (C=O) groups is 1. The Kier molecular flexibility index (Phi) is 6.50. The van der Waals surface area contributed by atoms with Crippen molar-refractivity contribution in [1.82, 2.24) is 4.90 Å². The van der Waals surface area contributed by atoms with Gasteiger partial charge in [0, 0.05) is 13.1 Å². The number of nitrogens with two attached hydrogens (primary N) is 1. The Hall–Kier alpha value is -0.780. The van der Waals surface area contributed by atoms with Crippen molar-refractivity contribution in [2.45, 2.75) is 58.5 Å². The number of carbonyl (C=O) groups excluding carboxylic acids is 1. The van der Waals surface area contributed by atoms with Crippen LogP contribution in [0.25, 0.3) is 0 Å². The molecule has 1 aliphatic carbocycles. The van der Waals surface area contributed by atoms with Gasteiger partial charge in [0.1, 0.15) is 6.54 Å². The Morgan fingerprint density at radius 1 is 1.33 bits per heavy atom. The number of halogens is 3. The van der Waals surface area contributed by atoms with E-state index in [-0.39, 0.29) is 13.1 Å². The van der Waals surface area contributed by atoms with Crippen molar-refractivity contribution < 1.29 is 18.0 Å². The maximum Gasteiger partial charge on any atom is 0.406 e. The van der Waals surface area contributed by atoms with Gasteiger partial charge >= 0.3 is 6.18 Å². The first-order valence-corrected chi connectivity index (χ1v) is 7.80. The van der Waals surface area contributed by atoms with Gasteiger partial charge in [-0.1, -0.05) is 20.3 Å². The molecule has 0 spiro atoms. The Bertz CT molecular complexity index is 336. The zero-order valence-electron chi connectivity index (χ0n) is 13.0.